The number of rotatable bonds is 3. The number of hydrogen-bond donors (Lipinski definition) is 1. The Hall–Kier alpha value is -1.60. The fraction of sp³-hybridized carbons (Fsp3) is 0.250. The van der Waals surface area contributed by atoms with E-state index >= 15 is 0 Å². The predicted molar refractivity (Wildman–Crippen MR) is 41.5 cm³/mol. The molecule has 0 spiro atoms. The zero-order valence-corrected chi connectivity index (χ0v) is 6.40. The van der Waals surface area contributed by atoms with Crippen LogP contribution < -0.4 is 4.74 Å². The topological polar surface area (TPSA) is 66.1 Å². The summed E-state index contributed by atoms with van der Waals surface area (Å²) in [5.74, 6) is 0.272. The highest BCUT2D eigenvalue weighted by molar-refractivity contribution is 5.36. The summed E-state index contributed by atoms with van der Waals surface area (Å²) in [4.78, 5) is 3.83. The van der Waals surface area contributed by atoms with Gasteiger partial charge in [-0.05, 0) is 12.1 Å². The highest BCUT2D eigenvalue weighted by atomic mass is 16.5. The van der Waals surface area contributed by atoms with Gasteiger partial charge in [-0.2, -0.15) is 5.26 Å². The third kappa shape index (κ3) is 1.94. The van der Waals surface area contributed by atoms with E-state index in [9.17, 15) is 0 Å². The fourth-order valence-corrected chi connectivity index (χ4v) is 0.733. The molecule has 0 unspecified atom stereocenters. The van der Waals surface area contributed by atoms with Crippen LogP contribution in [-0.2, 0) is 0 Å². The lowest BCUT2D eigenvalue weighted by Crippen LogP contribution is -2.04. The lowest BCUT2D eigenvalue weighted by molar-refractivity contribution is 0.196. The van der Waals surface area contributed by atoms with Gasteiger partial charge in [-0.25, -0.2) is 4.98 Å². The van der Waals surface area contributed by atoms with E-state index < -0.39 is 0 Å². The van der Waals surface area contributed by atoms with Crippen LogP contribution in [0, 0.1) is 11.3 Å². The van der Waals surface area contributed by atoms with Crippen LogP contribution in [-0.4, -0.2) is 23.3 Å². The first-order chi connectivity index (χ1) is 5.88. The maximum Gasteiger partial charge on any atom is 0.231 e. The maximum absolute atomic E-state index is 8.59. The second-order valence-electron chi connectivity index (χ2n) is 2.04. The molecule has 0 radical (unpaired) electrons. The van der Waals surface area contributed by atoms with Crippen molar-refractivity contribution in [2.75, 3.05) is 13.2 Å². The molecule has 12 heavy (non-hydrogen) atoms. The number of nitrogens with zero attached hydrogens (tertiary/aromatic N) is 2. The van der Waals surface area contributed by atoms with Gasteiger partial charge in [0.15, 0.2) is 0 Å². The highest BCUT2D eigenvalue weighted by Gasteiger charge is 2.01. The molecule has 0 aliphatic heterocycles. The molecule has 62 valence electrons. The number of aliphatic hydroxyl groups is 1. The van der Waals surface area contributed by atoms with Crippen molar-refractivity contribution in [3.63, 3.8) is 0 Å². The van der Waals surface area contributed by atoms with E-state index in [-0.39, 0.29) is 19.1 Å². The van der Waals surface area contributed by atoms with Gasteiger partial charge < -0.3 is 9.84 Å². The molecule has 0 aliphatic rings. The maximum atomic E-state index is 8.59. The van der Waals surface area contributed by atoms with Crippen LogP contribution >= 0.6 is 0 Å². The largest absolute Gasteiger partial charge is 0.474 e. The summed E-state index contributed by atoms with van der Waals surface area (Å²) in [6.45, 7) is 0.0765. The second kappa shape index (κ2) is 4.31. The molecular weight excluding hydrogens is 156 g/mol. The van der Waals surface area contributed by atoms with Gasteiger partial charge in [0.25, 0.3) is 0 Å². The molecule has 1 aromatic heterocycles. The zero-order valence-electron chi connectivity index (χ0n) is 6.40. The van der Waals surface area contributed by atoms with E-state index in [0.29, 0.717) is 5.56 Å². The standard InChI is InChI=1S/C8H8N2O2/c9-6-7-2-1-3-10-8(7)12-5-4-11/h1-3,11H,4-5H2. The number of hydrogen-bond acceptors (Lipinski definition) is 4. The van der Waals surface area contributed by atoms with Gasteiger partial charge in [0.1, 0.15) is 18.2 Å². The fourth-order valence-electron chi connectivity index (χ4n) is 0.733. The summed E-state index contributed by atoms with van der Waals surface area (Å²) < 4.78 is 4.99. The van der Waals surface area contributed by atoms with Gasteiger partial charge in [0, 0.05) is 6.20 Å². The molecule has 0 atom stereocenters. The number of ether oxygens (including phenoxy) is 1. The minimum absolute atomic E-state index is 0.0819. The van der Waals surface area contributed by atoms with Crippen LogP contribution in [0.5, 0.6) is 5.88 Å². The minimum atomic E-state index is -0.0819. The molecule has 1 heterocycles. The highest BCUT2D eigenvalue weighted by Crippen LogP contribution is 2.11. The average molecular weight is 164 g/mol. The van der Waals surface area contributed by atoms with E-state index in [4.69, 9.17) is 15.1 Å². The van der Waals surface area contributed by atoms with E-state index in [0.717, 1.165) is 0 Å². The average Bonchev–Trinajstić information content (AvgIpc) is 2.15. The molecule has 0 saturated heterocycles. The van der Waals surface area contributed by atoms with Crippen molar-refractivity contribution in [2.45, 2.75) is 0 Å². The molecule has 4 nitrogen and oxygen atoms in total. The Morgan fingerprint density at radius 1 is 1.67 bits per heavy atom. The predicted octanol–water partition coefficient (Wildman–Crippen LogP) is 0.324. The van der Waals surface area contributed by atoms with Crippen LogP contribution in [0.25, 0.3) is 0 Å². The Kier molecular flexibility index (Phi) is 3.05. The molecule has 0 bridgehead atoms. The van der Waals surface area contributed by atoms with Crippen molar-refractivity contribution in [1.82, 2.24) is 4.98 Å². The summed E-state index contributed by atoms with van der Waals surface area (Å²) in [6, 6.07) is 5.20. The Morgan fingerprint density at radius 3 is 3.17 bits per heavy atom. The molecule has 0 saturated carbocycles. The van der Waals surface area contributed by atoms with Crippen LogP contribution in [0.15, 0.2) is 18.3 Å². The van der Waals surface area contributed by atoms with Crippen LogP contribution in [0.1, 0.15) is 5.56 Å². The second-order valence-corrected chi connectivity index (χ2v) is 2.04. The Labute approximate surface area is 70.0 Å². The molecule has 0 aliphatic carbocycles. The first kappa shape index (κ1) is 8.50. The number of pyridine rings is 1. The summed E-state index contributed by atoms with van der Waals surface area (Å²) in [6.07, 6.45) is 1.54. The molecule has 4 heteroatoms. The normalized spacial score (nSPS) is 9.00. The van der Waals surface area contributed by atoms with E-state index in [2.05, 4.69) is 4.98 Å². The lowest BCUT2D eigenvalue weighted by atomic mass is 10.3. The van der Waals surface area contributed by atoms with Gasteiger partial charge in [-0.3, -0.25) is 0 Å². The number of nitriles is 1. The van der Waals surface area contributed by atoms with Gasteiger partial charge in [-0.15, -0.1) is 0 Å². The van der Waals surface area contributed by atoms with Crippen LogP contribution in [0.3, 0.4) is 0 Å². The van der Waals surface area contributed by atoms with Crippen molar-refractivity contribution >= 4 is 0 Å². The molecule has 0 aromatic carbocycles. The van der Waals surface area contributed by atoms with Gasteiger partial charge >= 0.3 is 0 Å². The number of aliphatic hydroxyl groups excluding tert-OH is 1. The summed E-state index contributed by atoms with van der Waals surface area (Å²) in [5.41, 5.74) is 0.381. The molecular formula is C8H8N2O2. The smallest absolute Gasteiger partial charge is 0.231 e. The third-order valence-electron chi connectivity index (χ3n) is 1.22. The number of aromatic nitrogens is 1. The summed E-state index contributed by atoms with van der Waals surface area (Å²) in [5, 5.41) is 17.0. The Balaban J connectivity index is 2.77. The van der Waals surface area contributed by atoms with E-state index in [1.165, 1.54) is 6.20 Å². The van der Waals surface area contributed by atoms with Crippen LogP contribution in [0.2, 0.25) is 0 Å². The first-order valence-corrected chi connectivity index (χ1v) is 3.47. The van der Waals surface area contributed by atoms with Crippen molar-refractivity contribution in [2.24, 2.45) is 0 Å². The lowest BCUT2D eigenvalue weighted by Gasteiger charge is -2.02. The van der Waals surface area contributed by atoms with E-state index in [1.54, 1.807) is 12.1 Å². The minimum Gasteiger partial charge on any atom is -0.474 e. The van der Waals surface area contributed by atoms with Crippen molar-refractivity contribution < 1.29 is 9.84 Å². The molecule has 0 amide bonds. The van der Waals surface area contributed by atoms with Gasteiger partial charge in [0.2, 0.25) is 5.88 Å². The Bertz CT molecular complexity index is 293. The van der Waals surface area contributed by atoms with Crippen LogP contribution in [0.4, 0.5) is 0 Å². The SMILES string of the molecule is N#Cc1cccnc1OCCO. The van der Waals surface area contributed by atoms with Crippen molar-refractivity contribution in [3.8, 4) is 11.9 Å². The monoisotopic (exact) mass is 164 g/mol. The zero-order chi connectivity index (χ0) is 8.81. The molecule has 0 fully saturated rings. The van der Waals surface area contributed by atoms with Gasteiger partial charge in [0.05, 0.1) is 6.61 Å². The summed E-state index contributed by atoms with van der Waals surface area (Å²) in [7, 11) is 0. The quantitative estimate of drug-likeness (QED) is 0.698. The van der Waals surface area contributed by atoms with E-state index in [1.807, 2.05) is 6.07 Å². The van der Waals surface area contributed by atoms with Crippen molar-refractivity contribution in [1.29, 1.82) is 5.26 Å². The molecule has 1 N–H and O–H groups in total. The molecule has 1 rings (SSSR count). The van der Waals surface area contributed by atoms with Gasteiger partial charge in [-0.1, -0.05) is 0 Å². The van der Waals surface area contributed by atoms with Crippen molar-refractivity contribution in [3.05, 3.63) is 23.9 Å². The first-order valence-electron chi connectivity index (χ1n) is 3.47. The Morgan fingerprint density at radius 2 is 2.50 bits per heavy atom. The summed E-state index contributed by atoms with van der Waals surface area (Å²) >= 11 is 0. The molecule has 1 aromatic rings. The third-order valence-corrected chi connectivity index (χ3v) is 1.22.